The second-order valence-corrected chi connectivity index (χ2v) is 6.07. The van der Waals surface area contributed by atoms with Crippen molar-refractivity contribution in [3.8, 4) is 23.0 Å². The van der Waals surface area contributed by atoms with Crippen LogP contribution in [0.3, 0.4) is 0 Å². The van der Waals surface area contributed by atoms with Gasteiger partial charge in [-0.3, -0.25) is 5.43 Å². The van der Waals surface area contributed by atoms with Gasteiger partial charge in [-0.1, -0.05) is 60.7 Å². The molecule has 6 heteroatoms. The standard InChI is InChI=1S/C22H18N4O2/c1-28-21-13-20(24-22(25-21)16-8-3-2-4-9-16)26-23-14-18-17-10-6-5-7-15(17)11-12-19(18)27/h2-14,27H,1H3,(H,24,25,26). The van der Waals surface area contributed by atoms with Crippen molar-refractivity contribution >= 4 is 22.8 Å². The van der Waals surface area contributed by atoms with Gasteiger partial charge in [0.15, 0.2) is 11.6 Å². The van der Waals surface area contributed by atoms with Crippen LogP contribution in [-0.4, -0.2) is 28.4 Å². The van der Waals surface area contributed by atoms with E-state index in [0.717, 1.165) is 16.3 Å². The van der Waals surface area contributed by atoms with Crippen molar-refractivity contribution in [2.24, 2.45) is 5.10 Å². The van der Waals surface area contributed by atoms with E-state index in [-0.39, 0.29) is 5.75 Å². The number of rotatable bonds is 5. The van der Waals surface area contributed by atoms with Gasteiger partial charge in [-0.15, -0.1) is 0 Å². The maximum Gasteiger partial charge on any atom is 0.218 e. The van der Waals surface area contributed by atoms with E-state index >= 15 is 0 Å². The molecule has 6 nitrogen and oxygen atoms in total. The number of nitrogens with one attached hydrogen (secondary N) is 1. The minimum Gasteiger partial charge on any atom is -0.507 e. The summed E-state index contributed by atoms with van der Waals surface area (Å²) in [5.41, 5.74) is 4.41. The Bertz CT molecular complexity index is 1140. The second-order valence-electron chi connectivity index (χ2n) is 6.07. The number of ether oxygens (including phenoxy) is 1. The number of hydrogen-bond acceptors (Lipinski definition) is 6. The molecular weight excluding hydrogens is 352 g/mol. The summed E-state index contributed by atoms with van der Waals surface area (Å²) >= 11 is 0. The molecule has 0 unspecified atom stereocenters. The highest BCUT2D eigenvalue weighted by molar-refractivity contribution is 6.02. The summed E-state index contributed by atoms with van der Waals surface area (Å²) in [6, 6.07) is 22.6. The van der Waals surface area contributed by atoms with Gasteiger partial charge in [0.05, 0.1) is 13.3 Å². The summed E-state index contributed by atoms with van der Waals surface area (Å²) in [6.45, 7) is 0. The minimum atomic E-state index is 0.162. The lowest BCUT2D eigenvalue weighted by molar-refractivity contribution is 0.398. The Morgan fingerprint density at radius 1 is 0.964 bits per heavy atom. The third kappa shape index (κ3) is 3.61. The molecule has 4 aromatic rings. The zero-order valence-electron chi connectivity index (χ0n) is 15.2. The molecule has 0 aliphatic heterocycles. The zero-order chi connectivity index (χ0) is 19.3. The number of nitrogens with zero attached hydrogens (tertiary/aromatic N) is 3. The molecule has 0 radical (unpaired) electrons. The molecule has 1 aromatic heterocycles. The summed E-state index contributed by atoms with van der Waals surface area (Å²) < 4.78 is 5.28. The molecule has 138 valence electrons. The monoisotopic (exact) mass is 370 g/mol. The quantitative estimate of drug-likeness (QED) is 0.401. The molecule has 2 N–H and O–H groups in total. The number of phenols is 1. The zero-order valence-corrected chi connectivity index (χ0v) is 15.2. The fraction of sp³-hybridized carbons (Fsp3) is 0.0455. The van der Waals surface area contributed by atoms with Crippen LogP contribution in [0.1, 0.15) is 5.56 Å². The normalized spacial score (nSPS) is 11.0. The summed E-state index contributed by atoms with van der Waals surface area (Å²) in [6.07, 6.45) is 1.58. The molecule has 0 amide bonds. The molecule has 28 heavy (non-hydrogen) atoms. The highest BCUT2D eigenvalue weighted by Crippen LogP contribution is 2.26. The highest BCUT2D eigenvalue weighted by atomic mass is 16.5. The van der Waals surface area contributed by atoms with Gasteiger partial charge in [-0.25, -0.2) is 4.98 Å². The van der Waals surface area contributed by atoms with Gasteiger partial charge in [-0.2, -0.15) is 10.1 Å². The summed E-state index contributed by atoms with van der Waals surface area (Å²) in [7, 11) is 1.55. The average Bonchev–Trinajstić information content (AvgIpc) is 2.75. The Labute approximate surface area is 162 Å². The van der Waals surface area contributed by atoms with Crippen molar-refractivity contribution in [1.82, 2.24) is 9.97 Å². The number of benzene rings is 3. The van der Waals surface area contributed by atoms with Gasteiger partial charge in [0.25, 0.3) is 0 Å². The number of aromatic hydroxyl groups is 1. The lowest BCUT2D eigenvalue weighted by atomic mass is 10.0. The Kier molecular flexibility index (Phi) is 4.84. The molecular formula is C22H18N4O2. The van der Waals surface area contributed by atoms with Crippen molar-refractivity contribution < 1.29 is 9.84 Å². The van der Waals surface area contributed by atoms with E-state index in [2.05, 4.69) is 20.5 Å². The number of phenolic OH excluding ortho intramolecular Hbond substituents is 1. The summed E-state index contributed by atoms with van der Waals surface area (Å²) in [5.74, 6) is 1.61. The van der Waals surface area contributed by atoms with E-state index in [9.17, 15) is 5.11 Å². The van der Waals surface area contributed by atoms with Gasteiger partial charge in [0, 0.05) is 17.2 Å². The number of hydrogen-bond donors (Lipinski definition) is 2. The molecule has 0 fully saturated rings. The predicted octanol–water partition coefficient (Wildman–Crippen LogP) is 4.46. The van der Waals surface area contributed by atoms with Gasteiger partial charge >= 0.3 is 0 Å². The third-order valence-corrected chi connectivity index (χ3v) is 4.26. The maximum absolute atomic E-state index is 10.2. The van der Waals surface area contributed by atoms with Crippen molar-refractivity contribution in [3.63, 3.8) is 0 Å². The highest BCUT2D eigenvalue weighted by Gasteiger charge is 2.07. The smallest absolute Gasteiger partial charge is 0.218 e. The lowest BCUT2D eigenvalue weighted by Gasteiger charge is -2.07. The van der Waals surface area contributed by atoms with Crippen LogP contribution in [0.5, 0.6) is 11.6 Å². The van der Waals surface area contributed by atoms with E-state index in [1.807, 2.05) is 60.7 Å². The Morgan fingerprint density at radius 2 is 1.75 bits per heavy atom. The van der Waals surface area contributed by atoms with Crippen LogP contribution in [0.25, 0.3) is 22.2 Å². The van der Waals surface area contributed by atoms with E-state index in [1.165, 1.54) is 0 Å². The Hall–Kier alpha value is -3.93. The molecule has 1 heterocycles. The van der Waals surface area contributed by atoms with Gasteiger partial charge < -0.3 is 9.84 Å². The van der Waals surface area contributed by atoms with Crippen LogP contribution in [0.4, 0.5) is 5.82 Å². The maximum atomic E-state index is 10.2. The van der Waals surface area contributed by atoms with E-state index in [4.69, 9.17) is 4.74 Å². The van der Waals surface area contributed by atoms with Crippen molar-refractivity contribution in [2.45, 2.75) is 0 Å². The fourth-order valence-corrected chi connectivity index (χ4v) is 2.89. The molecule has 0 aliphatic carbocycles. The van der Waals surface area contributed by atoms with Crippen molar-refractivity contribution in [1.29, 1.82) is 0 Å². The number of hydrazone groups is 1. The lowest BCUT2D eigenvalue weighted by Crippen LogP contribution is -2.00. The van der Waals surface area contributed by atoms with Crippen LogP contribution in [0.15, 0.2) is 77.9 Å². The summed E-state index contributed by atoms with van der Waals surface area (Å²) in [4.78, 5) is 8.87. The molecule has 0 aliphatic rings. The molecule has 0 spiro atoms. The van der Waals surface area contributed by atoms with Crippen LogP contribution in [0.2, 0.25) is 0 Å². The molecule has 3 aromatic carbocycles. The first-order valence-electron chi connectivity index (χ1n) is 8.73. The number of aromatic nitrogens is 2. The first-order valence-corrected chi connectivity index (χ1v) is 8.73. The number of fused-ring (bicyclic) bond motifs is 1. The average molecular weight is 370 g/mol. The van der Waals surface area contributed by atoms with E-state index < -0.39 is 0 Å². The second kappa shape index (κ2) is 7.75. The minimum absolute atomic E-state index is 0.162. The van der Waals surface area contributed by atoms with Crippen molar-refractivity contribution in [2.75, 3.05) is 12.5 Å². The number of methoxy groups -OCH3 is 1. The Balaban J connectivity index is 1.64. The van der Waals surface area contributed by atoms with Crippen LogP contribution in [0, 0.1) is 0 Å². The predicted molar refractivity (Wildman–Crippen MR) is 111 cm³/mol. The molecule has 0 atom stereocenters. The first kappa shape index (κ1) is 17.5. The van der Waals surface area contributed by atoms with Crippen LogP contribution >= 0.6 is 0 Å². The third-order valence-electron chi connectivity index (χ3n) is 4.26. The fourth-order valence-electron chi connectivity index (χ4n) is 2.89. The van der Waals surface area contributed by atoms with Gasteiger partial charge in [-0.05, 0) is 16.8 Å². The van der Waals surface area contributed by atoms with E-state index in [1.54, 1.807) is 25.5 Å². The molecule has 0 bridgehead atoms. The Morgan fingerprint density at radius 3 is 2.57 bits per heavy atom. The van der Waals surface area contributed by atoms with Crippen molar-refractivity contribution in [3.05, 3.63) is 78.4 Å². The molecule has 4 rings (SSSR count). The first-order chi connectivity index (χ1) is 13.7. The van der Waals surface area contributed by atoms with E-state index in [0.29, 0.717) is 23.1 Å². The van der Waals surface area contributed by atoms with Gasteiger partial charge in [0.1, 0.15) is 5.75 Å². The number of anilines is 1. The summed E-state index contributed by atoms with van der Waals surface area (Å²) in [5, 5.41) is 16.4. The molecule has 0 saturated carbocycles. The topological polar surface area (TPSA) is 79.6 Å². The molecule has 0 saturated heterocycles. The largest absolute Gasteiger partial charge is 0.507 e. The van der Waals surface area contributed by atoms with Crippen LogP contribution in [-0.2, 0) is 0 Å². The van der Waals surface area contributed by atoms with Crippen LogP contribution < -0.4 is 10.2 Å². The SMILES string of the molecule is COc1cc(NN=Cc2c(O)ccc3ccccc23)nc(-c2ccccc2)n1. The van der Waals surface area contributed by atoms with Gasteiger partial charge in [0.2, 0.25) is 5.88 Å².